The first-order chi connectivity index (χ1) is 7.42. The first-order valence-electron chi connectivity index (χ1n) is 6.18. The summed E-state index contributed by atoms with van der Waals surface area (Å²) >= 11 is 0. The molecule has 1 unspecified atom stereocenters. The van der Waals surface area contributed by atoms with Gasteiger partial charge in [0, 0.05) is 24.8 Å². The van der Waals surface area contributed by atoms with Gasteiger partial charge in [-0.3, -0.25) is 4.68 Å². The van der Waals surface area contributed by atoms with Gasteiger partial charge in [0.25, 0.3) is 0 Å². The van der Waals surface area contributed by atoms with Gasteiger partial charge in [-0.25, -0.2) is 0 Å². The van der Waals surface area contributed by atoms with Crippen molar-refractivity contribution in [3.8, 4) is 0 Å². The summed E-state index contributed by atoms with van der Waals surface area (Å²) in [4.78, 5) is 0. The second-order valence-electron chi connectivity index (χ2n) is 5.62. The van der Waals surface area contributed by atoms with E-state index in [-0.39, 0.29) is 5.54 Å². The predicted molar refractivity (Wildman–Crippen MR) is 68.3 cm³/mol. The highest BCUT2D eigenvalue weighted by atomic mass is 15.3. The normalized spacial score (nSPS) is 14.1. The number of hydrogen-bond acceptors (Lipinski definition) is 2. The highest BCUT2D eigenvalue weighted by molar-refractivity contribution is 5.01. The van der Waals surface area contributed by atoms with E-state index < -0.39 is 0 Å². The molecular formula is C13H25N3. The zero-order valence-corrected chi connectivity index (χ0v) is 11.2. The molecule has 0 aliphatic rings. The summed E-state index contributed by atoms with van der Waals surface area (Å²) in [5.74, 6) is 0.688. The van der Waals surface area contributed by atoms with Crippen molar-refractivity contribution in [2.75, 3.05) is 0 Å². The zero-order chi connectivity index (χ0) is 12.2. The van der Waals surface area contributed by atoms with Gasteiger partial charge in [-0.2, -0.15) is 5.10 Å². The molecule has 1 N–H and O–H groups in total. The Morgan fingerprint density at radius 2 is 2.12 bits per heavy atom. The van der Waals surface area contributed by atoms with E-state index in [4.69, 9.17) is 0 Å². The van der Waals surface area contributed by atoms with Crippen molar-refractivity contribution in [2.24, 2.45) is 5.92 Å². The fourth-order valence-electron chi connectivity index (χ4n) is 1.45. The molecule has 0 bridgehead atoms. The lowest BCUT2D eigenvalue weighted by Gasteiger charge is -2.21. The molecule has 0 spiro atoms. The highest BCUT2D eigenvalue weighted by Crippen LogP contribution is 2.09. The molecule has 0 aliphatic carbocycles. The van der Waals surface area contributed by atoms with Crippen LogP contribution in [-0.2, 0) is 13.1 Å². The van der Waals surface area contributed by atoms with E-state index in [2.05, 4.69) is 55.8 Å². The van der Waals surface area contributed by atoms with E-state index >= 15 is 0 Å². The average Bonchev–Trinajstić information content (AvgIpc) is 2.61. The van der Waals surface area contributed by atoms with Crippen molar-refractivity contribution in [1.29, 1.82) is 0 Å². The largest absolute Gasteiger partial charge is 0.306 e. The Kier molecular flexibility index (Phi) is 4.54. The van der Waals surface area contributed by atoms with Crippen molar-refractivity contribution < 1.29 is 0 Å². The summed E-state index contributed by atoms with van der Waals surface area (Å²) in [5, 5.41) is 7.88. The van der Waals surface area contributed by atoms with E-state index in [9.17, 15) is 0 Å². The topological polar surface area (TPSA) is 29.9 Å². The average molecular weight is 223 g/mol. The lowest BCUT2D eigenvalue weighted by Crippen LogP contribution is -2.35. The third kappa shape index (κ3) is 4.35. The molecule has 0 saturated heterocycles. The SMILES string of the molecule is CCC(C)Cn1nccc1CNC(C)(C)C. The van der Waals surface area contributed by atoms with Crippen molar-refractivity contribution in [2.45, 2.75) is 59.7 Å². The van der Waals surface area contributed by atoms with Crippen LogP contribution < -0.4 is 5.32 Å². The van der Waals surface area contributed by atoms with Crippen LogP contribution in [0.25, 0.3) is 0 Å². The lowest BCUT2D eigenvalue weighted by atomic mass is 10.1. The van der Waals surface area contributed by atoms with Gasteiger partial charge < -0.3 is 5.32 Å². The monoisotopic (exact) mass is 223 g/mol. The van der Waals surface area contributed by atoms with Crippen LogP contribution in [-0.4, -0.2) is 15.3 Å². The molecule has 3 nitrogen and oxygen atoms in total. The Balaban J connectivity index is 2.57. The van der Waals surface area contributed by atoms with Gasteiger partial charge in [0.15, 0.2) is 0 Å². The van der Waals surface area contributed by atoms with Crippen molar-refractivity contribution in [3.63, 3.8) is 0 Å². The van der Waals surface area contributed by atoms with Gasteiger partial charge in [-0.1, -0.05) is 20.3 Å². The number of aromatic nitrogens is 2. The molecule has 0 aromatic carbocycles. The van der Waals surface area contributed by atoms with Crippen molar-refractivity contribution in [1.82, 2.24) is 15.1 Å². The molecule has 16 heavy (non-hydrogen) atoms. The minimum absolute atomic E-state index is 0.158. The van der Waals surface area contributed by atoms with Crippen molar-refractivity contribution >= 4 is 0 Å². The van der Waals surface area contributed by atoms with Crippen LogP contribution in [0.2, 0.25) is 0 Å². The molecule has 0 fully saturated rings. The molecule has 1 atom stereocenters. The molecule has 1 heterocycles. The van der Waals surface area contributed by atoms with Crippen LogP contribution in [0, 0.1) is 5.92 Å². The number of nitrogens with zero attached hydrogens (tertiary/aromatic N) is 2. The molecule has 1 rings (SSSR count). The molecule has 0 aliphatic heterocycles. The Hall–Kier alpha value is -0.830. The van der Waals surface area contributed by atoms with E-state index in [1.165, 1.54) is 12.1 Å². The van der Waals surface area contributed by atoms with Gasteiger partial charge >= 0.3 is 0 Å². The molecule has 0 saturated carbocycles. The number of nitrogens with one attached hydrogen (secondary N) is 1. The van der Waals surface area contributed by atoms with E-state index in [1.807, 2.05) is 6.20 Å². The Morgan fingerprint density at radius 3 is 2.69 bits per heavy atom. The third-order valence-electron chi connectivity index (χ3n) is 2.79. The van der Waals surface area contributed by atoms with Crippen LogP contribution >= 0.6 is 0 Å². The van der Waals surface area contributed by atoms with Crippen LogP contribution in [0.5, 0.6) is 0 Å². The first-order valence-corrected chi connectivity index (χ1v) is 6.18. The Morgan fingerprint density at radius 1 is 1.44 bits per heavy atom. The predicted octanol–water partition coefficient (Wildman–Crippen LogP) is 2.82. The maximum atomic E-state index is 4.38. The Bertz CT molecular complexity index is 309. The zero-order valence-electron chi connectivity index (χ0n) is 11.2. The third-order valence-corrected chi connectivity index (χ3v) is 2.79. The van der Waals surface area contributed by atoms with Crippen LogP contribution in [0.3, 0.4) is 0 Å². The lowest BCUT2D eigenvalue weighted by molar-refractivity contribution is 0.391. The quantitative estimate of drug-likeness (QED) is 0.832. The number of hydrogen-bond donors (Lipinski definition) is 1. The maximum Gasteiger partial charge on any atom is 0.0522 e. The minimum atomic E-state index is 0.158. The summed E-state index contributed by atoms with van der Waals surface area (Å²) in [6.45, 7) is 12.9. The van der Waals surface area contributed by atoms with Crippen LogP contribution in [0.15, 0.2) is 12.3 Å². The van der Waals surface area contributed by atoms with E-state index in [0.717, 1.165) is 13.1 Å². The van der Waals surface area contributed by atoms with Gasteiger partial charge in [0.05, 0.1) is 5.69 Å². The molecule has 3 heteroatoms. The highest BCUT2D eigenvalue weighted by Gasteiger charge is 2.11. The number of rotatable bonds is 5. The Labute approximate surface area is 99.2 Å². The van der Waals surface area contributed by atoms with Crippen LogP contribution in [0.1, 0.15) is 46.7 Å². The standard InChI is InChI=1S/C13H25N3/c1-6-11(2)10-16-12(7-8-15-16)9-14-13(3,4)5/h7-8,11,14H,6,9-10H2,1-5H3. The van der Waals surface area contributed by atoms with Gasteiger partial charge in [0.1, 0.15) is 0 Å². The van der Waals surface area contributed by atoms with E-state index in [0.29, 0.717) is 5.92 Å². The minimum Gasteiger partial charge on any atom is -0.306 e. The van der Waals surface area contributed by atoms with Crippen molar-refractivity contribution in [3.05, 3.63) is 18.0 Å². The smallest absolute Gasteiger partial charge is 0.0522 e. The molecule has 1 aromatic rings. The molecule has 0 radical (unpaired) electrons. The van der Waals surface area contributed by atoms with E-state index in [1.54, 1.807) is 0 Å². The van der Waals surface area contributed by atoms with Crippen LogP contribution in [0.4, 0.5) is 0 Å². The summed E-state index contributed by atoms with van der Waals surface area (Å²) < 4.78 is 2.12. The second-order valence-corrected chi connectivity index (χ2v) is 5.62. The second kappa shape index (κ2) is 5.48. The molecule has 0 amide bonds. The fourth-order valence-corrected chi connectivity index (χ4v) is 1.45. The summed E-state index contributed by atoms with van der Waals surface area (Å²) in [7, 11) is 0. The fraction of sp³-hybridized carbons (Fsp3) is 0.769. The summed E-state index contributed by atoms with van der Waals surface area (Å²) in [6, 6.07) is 2.10. The maximum absolute atomic E-state index is 4.38. The summed E-state index contributed by atoms with van der Waals surface area (Å²) in [5.41, 5.74) is 1.43. The molecule has 92 valence electrons. The van der Waals surface area contributed by atoms with Gasteiger partial charge in [0.2, 0.25) is 0 Å². The molecule has 1 aromatic heterocycles. The van der Waals surface area contributed by atoms with Gasteiger partial charge in [-0.05, 0) is 32.8 Å². The molecular weight excluding hydrogens is 198 g/mol. The first kappa shape index (κ1) is 13.2. The van der Waals surface area contributed by atoms with Gasteiger partial charge in [-0.15, -0.1) is 0 Å². The summed E-state index contributed by atoms with van der Waals surface area (Å²) in [6.07, 6.45) is 3.09.